The number of hydrogen-bond donors (Lipinski definition) is 13. The zero-order chi connectivity index (χ0) is 85.9. The van der Waals surface area contributed by atoms with Crippen LogP contribution in [-0.2, 0) is 92.2 Å². The number of benzene rings is 5. The van der Waals surface area contributed by atoms with Gasteiger partial charge < -0.3 is 140 Å². The number of phenolic OH excluding ortho intramolecular Hbond substituents is 1. The molecule has 1 aliphatic carbocycles. The number of rotatable bonds is 65. The van der Waals surface area contributed by atoms with E-state index < -0.39 is 48.2 Å². The number of aldehydes is 1. The van der Waals surface area contributed by atoms with Crippen molar-refractivity contribution in [3.8, 4) is 45.7 Å². The smallest absolute Gasteiger partial charge is 0.336 e. The summed E-state index contributed by atoms with van der Waals surface area (Å²) in [6.07, 6.45) is 0.448. The summed E-state index contributed by atoms with van der Waals surface area (Å²) in [5.74, 6) is -4.74. The van der Waals surface area contributed by atoms with Gasteiger partial charge in [0, 0.05) is 103 Å². The third-order valence-corrected chi connectivity index (χ3v) is 18.0. The molecule has 0 saturated heterocycles. The summed E-state index contributed by atoms with van der Waals surface area (Å²) >= 11 is 1.11. The number of phenols is 1. The summed E-state index contributed by atoms with van der Waals surface area (Å²) < 4.78 is 79.1. The lowest BCUT2D eigenvalue weighted by Gasteiger charge is -2.20. The molecule has 39 heteroatoms. The number of amides is 5. The number of nitrogens with zero attached hydrogens (tertiary/aromatic N) is 2. The van der Waals surface area contributed by atoms with E-state index in [1.54, 1.807) is 60.7 Å². The largest absolute Gasteiger partial charge is 0.508 e. The van der Waals surface area contributed by atoms with Gasteiger partial charge in [-0.15, -0.1) is 11.8 Å². The number of carboxylic acids is 2. The van der Waals surface area contributed by atoms with Gasteiger partial charge in [-0.2, -0.15) is 0 Å². The highest BCUT2D eigenvalue weighted by atomic mass is 32.2. The Morgan fingerprint density at radius 2 is 1.10 bits per heavy atom. The third-order valence-electron chi connectivity index (χ3n) is 16.9. The van der Waals surface area contributed by atoms with E-state index in [-0.39, 0.29) is 127 Å². The molecule has 0 spiro atoms. The number of guanidine groups is 1. The van der Waals surface area contributed by atoms with Crippen molar-refractivity contribution in [3.63, 3.8) is 0 Å². The number of carboxylic acid groups (broad SMARTS) is 2. The van der Waals surface area contributed by atoms with Crippen molar-refractivity contribution in [2.75, 3.05) is 201 Å². The molecule has 654 valence electrons. The van der Waals surface area contributed by atoms with E-state index in [2.05, 4.69) is 36.9 Å². The second kappa shape index (κ2) is 55.8. The molecule has 0 saturated carbocycles. The second-order valence-electron chi connectivity index (χ2n) is 26.0. The first-order valence-electron chi connectivity index (χ1n) is 38.8. The number of hydrogen-bond acceptors (Lipinski definition) is 29. The predicted molar refractivity (Wildman–Crippen MR) is 438 cm³/mol. The number of ether oxygens (including phenoxy) is 13. The number of aromatic carboxylic acids is 1. The van der Waals surface area contributed by atoms with Crippen LogP contribution in [0.4, 0.5) is 17.1 Å². The number of nitrogens with two attached hydrogens (primary N) is 2. The minimum absolute atomic E-state index is 0.0236. The molecule has 5 aromatic rings. The Morgan fingerprint density at radius 3 is 1.67 bits per heavy atom. The standard InChI is InChI=1S/C81H106N10O28S/c82-81(83)90-57-4-1-3-55(47-57)77(101)89-59(54-92)53-86-67(51-75(99)100)78(102)88-56-5-10-62(11-6-56)118-21-2-18-84-72(96)16-22-106-24-26-108-28-30-110-32-34-112-36-38-114-40-42-116-44-45-117-43-41-115-39-37-113-35-33-111-31-29-109-27-25-107-23-19-85-71(95)15-20-91-74(98)52-70(79(91)103)120-46-17-73(97)87-58-7-12-63(66(48-58)80(104)105)76-64-13-8-60(93)49-68(64)119-69-50-61(94)9-14-65(69)76/h1,3-14,47-50,52,54,59,67,86,93,98,103H,2,15-46,51,53H2,(H,84,96)(H,85,95)(H,87,97)(H,88,102)(H,89,101)(H,99,100)(H,104,105)(H4,82,83,90). The molecule has 1 aliphatic heterocycles. The normalized spacial score (nSPS) is 11.8. The number of anilines is 2. The Morgan fingerprint density at radius 1 is 0.550 bits per heavy atom. The fourth-order valence-corrected chi connectivity index (χ4v) is 12.1. The summed E-state index contributed by atoms with van der Waals surface area (Å²) in [6, 6.07) is 24.4. The van der Waals surface area contributed by atoms with E-state index in [1.165, 1.54) is 53.1 Å². The average Bonchev–Trinajstić information content (AvgIpc) is 0.785. The highest BCUT2D eigenvalue weighted by Crippen LogP contribution is 2.43. The molecule has 2 atom stereocenters. The molecule has 15 N–H and O–H groups in total. The fraction of sp³-hybridized carbons (Fsp3) is 0.457. The lowest BCUT2D eigenvalue weighted by molar-refractivity contribution is -0.139. The molecule has 4 aromatic carbocycles. The van der Waals surface area contributed by atoms with Crippen LogP contribution < -0.4 is 53.5 Å². The highest BCUT2D eigenvalue weighted by molar-refractivity contribution is 7.99. The predicted octanol–water partition coefficient (Wildman–Crippen LogP) is 4.26. The lowest BCUT2D eigenvalue weighted by Crippen LogP contribution is -2.49. The van der Waals surface area contributed by atoms with Crippen molar-refractivity contribution >= 4 is 93.5 Å². The van der Waals surface area contributed by atoms with E-state index in [1.807, 2.05) is 0 Å². The highest BCUT2D eigenvalue weighted by Gasteiger charge is 2.26. The van der Waals surface area contributed by atoms with Crippen molar-refractivity contribution in [1.82, 2.24) is 25.8 Å². The second-order valence-corrected chi connectivity index (χ2v) is 27.1. The summed E-state index contributed by atoms with van der Waals surface area (Å²) in [5, 5.41) is 67.9. The molecule has 2 unspecified atom stereocenters. The van der Waals surface area contributed by atoms with Gasteiger partial charge in [0.15, 0.2) is 17.3 Å². The number of carbonyl (C=O) groups is 8. The van der Waals surface area contributed by atoms with Gasteiger partial charge in [0.05, 0.1) is 200 Å². The average molecular weight is 1700 g/mol. The van der Waals surface area contributed by atoms with Crippen molar-refractivity contribution in [2.45, 2.75) is 55.6 Å². The maximum atomic E-state index is 13.1. The maximum absolute atomic E-state index is 13.1. The molecule has 0 fully saturated rings. The molecule has 38 nitrogen and oxygen atoms in total. The first kappa shape index (κ1) is 96.2. The van der Waals surface area contributed by atoms with E-state index in [9.17, 15) is 68.7 Å². The van der Waals surface area contributed by atoms with Crippen LogP contribution in [0.2, 0.25) is 0 Å². The van der Waals surface area contributed by atoms with Crippen LogP contribution in [0.5, 0.6) is 23.3 Å². The number of nitrogens with one attached hydrogen (secondary N) is 6. The maximum Gasteiger partial charge on any atom is 0.336 e. The van der Waals surface area contributed by atoms with Crippen LogP contribution in [0.1, 0.15) is 52.8 Å². The van der Waals surface area contributed by atoms with Crippen LogP contribution in [0.3, 0.4) is 0 Å². The van der Waals surface area contributed by atoms with Crippen molar-refractivity contribution < 1.29 is 130 Å². The number of thioether (sulfide) groups is 1. The minimum atomic E-state index is -1.27. The molecule has 0 bridgehead atoms. The van der Waals surface area contributed by atoms with E-state index >= 15 is 0 Å². The van der Waals surface area contributed by atoms with Gasteiger partial charge in [0.1, 0.15) is 29.1 Å². The van der Waals surface area contributed by atoms with Crippen molar-refractivity contribution in [1.29, 1.82) is 0 Å². The van der Waals surface area contributed by atoms with E-state index in [0.717, 1.165) is 11.8 Å². The summed E-state index contributed by atoms with van der Waals surface area (Å²) in [7, 11) is 0. The minimum Gasteiger partial charge on any atom is -0.508 e. The van der Waals surface area contributed by atoms with E-state index in [0.29, 0.717) is 215 Å². The molecular formula is C81H106N10O28S. The van der Waals surface area contributed by atoms with Gasteiger partial charge in [0.2, 0.25) is 29.5 Å². The molecule has 120 heavy (non-hydrogen) atoms. The van der Waals surface area contributed by atoms with Crippen LogP contribution >= 0.6 is 11.8 Å². The lowest BCUT2D eigenvalue weighted by atomic mass is 9.90. The van der Waals surface area contributed by atoms with Crippen LogP contribution in [-0.4, -0.2) is 286 Å². The number of fused-ring (bicyclic) bond motifs is 2. The molecule has 1 aromatic heterocycles. The summed E-state index contributed by atoms with van der Waals surface area (Å²) in [4.78, 5) is 116. The molecule has 0 radical (unpaired) electrons. The van der Waals surface area contributed by atoms with Gasteiger partial charge in [0.25, 0.3) is 5.91 Å². The first-order chi connectivity index (χ1) is 58.2. The zero-order valence-electron chi connectivity index (χ0n) is 66.5. The Labute approximate surface area is 695 Å². The van der Waals surface area contributed by atoms with Gasteiger partial charge >= 0.3 is 11.9 Å². The molecule has 2 heterocycles. The number of aromatic nitrogens is 1. The Kier molecular flexibility index (Phi) is 44.7. The molecular weight excluding hydrogens is 1590 g/mol. The van der Waals surface area contributed by atoms with Crippen LogP contribution in [0.15, 0.2) is 128 Å². The van der Waals surface area contributed by atoms with Gasteiger partial charge in [-0.25, -0.2) is 9.79 Å². The Bertz CT molecular complexity index is 4380. The first-order valence-corrected chi connectivity index (χ1v) is 39.8. The Hall–Kier alpha value is -10.9. The molecule has 5 amide bonds. The van der Waals surface area contributed by atoms with Crippen molar-refractivity contribution in [2.24, 2.45) is 16.5 Å². The SMILES string of the molecule is NC(N)=Nc1cccc(C(=O)NC(C=O)CNC(CC(=O)O)C(=O)Nc2ccc(OCCCNC(=O)CCOCCOCCOCCOCCOCCOCCOCCOCCOCCOCCOCCOCCNC(=O)CCn3c(O)cc(SCCC(=O)Nc4ccc(-c5c6ccc(=O)cc-6oc6cc(O)ccc56)c(C(=O)O)c4)c3O)cc2)c1. The van der Waals surface area contributed by atoms with E-state index in [4.69, 9.17) is 77.5 Å². The van der Waals surface area contributed by atoms with Gasteiger partial charge in [-0.05, 0) is 90.8 Å². The molecule has 2 aliphatic rings. The fourth-order valence-electron chi connectivity index (χ4n) is 11.1. The number of aromatic hydroxyl groups is 3. The summed E-state index contributed by atoms with van der Waals surface area (Å²) in [5.41, 5.74) is 12.9. The zero-order valence-corrected chi connectivity index (χ0v) is 67.3. The van der Waals surface area contributed by atoms with Crippen LogP contribution in [0.25, 0.3) is 33.4 Å². The third kappa shape index (κ3) is 37.2. The quantitative estimate of drug-likeness (QED) is 0.00632. The number of aliphatic carboxylic acids is 1. The molecule has 7 rings (SSSR count). The van der Waals surface area contributed by atoms with Crippen LogP contribution in [0, 0.1) is 0 Å². The number of carbonyl (C=O) groups excluding carboxylic acids is 6. The van der Waals surface area contributed by atoms with Gasteiger partial charge in [-0.1, -0.05) is 12.1 Å². The monoisotopic (exact) mass is 1700 g/mol. The van der Waals surface area contributed by atoms with Gasteiger partial charge in [-0.3, -0.25) is 38.1 Å². The summed E-state index contributed by atoms with van der Waals surface area (Å²) in [6.45, 7) is 9.62. The van der Waals surface area contributed by atoms with Crippen molar-refractivity contribution in [3.05, 3.63) is 131 Å². The Balaban J connectivity index is 0.553. The topological polar surface area (TPSA) is 529 Å². The number of aliphatic imine (C=N–C) groups is 1.